The number of nitrogens with zero attached hydrogens (tertiary/aromatic N) is 2. The molecule has 0 amide bonds. The first-order chi connectivity index (χ1) is 9.92. The molecule has 0 rings (SSSR count). The van der Waals surface area contributed by atoms with Gasteiger partial charge in [-0.15, -0.1) is 0 Å². The summed E-state index contributed by atoms with van der Waals surface area (Å²) in [7, 11) is 6.05. The van der Waals surface area contributed by atoms with E-state index in [-0.39, 0.29) is 0 Å². The quantitative estimate of drug-likeness (QED) is 0.369. The van der Waals surface area contributed by atoms with Gasteiger partial charge in [-0.1, -0.05) is 31.2 Å². The summed E-state index contributed by atoms with van der Waals surface area (Å²) in [6.07, 6.45) is 9.76. The number of hydrogen-bond acceptors (Lipinski definition) is 4. The standard InChI is InChI=1S/C17H34N4/c1-7-9-10-16(13-19-14-21(6)8-2)12-11-15(3)17(18)20(4)5/h7,9,11-12,16,19H,8,10,13-14,18H2,1-6H3/b9-7?,12-11-,17-15-. The van der Waals surface area contributed by atoms with Crippen molar-refractivity contribution in [2.75, 3.05) is 40.9 Å². The fourth-order valence-electron chi connectivity index (χ4n) is 1.81. The summed E-state index contributed by atoms with van der Waals surface area (Å²) < 4.78 is 0. The fraction of sp³-hybridized carbons (Fsp3) is 0.647. The molecule has 0 bridgehead atoms. The third-order valence-electron chi connectivity index (χ3n) is 3.51. The molecule has 1 unspecified atom stereocenters. The van der Waals surface area contributed by atoms with Gasteiger partial charge in [-0.3, -0.25) is 4.90 Å². The van der Waals surface area contributed by atoms with Crippen LogP contribution in [0.5, 0.6) is 0 Å². The lowest BCUT2D eigenvalue weighted by molar-refractivity contribution is 0.315. The highest BCUT2D eigenvalue weighted by molar-refractivity contribution is 5.21. The molecule has 0 aromatic carbocycles. The van der Waals surface area contributed by atoms with Gasteiger partial charge in [-0.2, -0.15) is 0 Å². The molecule has 3 N–H and O–H groups in total. The Bertz CT molecular complexity index is 356. The van der Waals surface area contributed by atoms with Gasteiger partial charge < -0.3 is 16.0 Å². The van der Waals surface area contributed by atoms with Gasteiger partial charge in [-0.05, 0) is 45.4 Å². The van der Waals surface area contributed by atoms with Gasteiger partial charge >= 0.3 is 0 Å². The van der Waals surface area contributed by atoms with Crippen LogP contribution in [0.25, 0.3) is 0 Å². The maximum Gasteiger partial charge on any atom is 0.101 e. The lowest BCUT2D eigenvalue weighted by Gasteiger charge is -2.18. The van der Waals surface area contributed by atoms with Gasteiger partial charge in [0.1, 0.15) is 5.82 Å². The summed E-state index contributed by atoms with van der Waals surface area (Å²) in [6.45, 7) is 9.23. The SMILES string of the molecule is CC=CCC(/C=C\C(C)=C(\N)N(C)C)CNCN(C)CC. The normalized spacial score (nSPS) is 15.0. The molecule has 1 atom stereocenters. The molecule has 0 aromatic rings. The van der Waals surface area contributed by atoms with Gasteiger partial charge in [0.2, 0.25) is 0 Å². The lowest BCUT2D eigenvalue weighted by Crippen LogP contribution is -2.33. The minimum atomic E-state index is 0.483. The predicted molar refractivity (Wildman–Crippen MR) is 93.8 cm³/mol. The topological polar surface area (TPSA) is 44.5 Å². The van der Waals surface area contributed by atoms with Crippen LogP contribution in [0.3, 0.4) is 0 Å². The molecule has 4 nitrogen and oxygen atoms in total. The third kappa shape index (κ3) is 9.32. The van der Waals surface area contributed by atoms with Crippen molar-refractivity contribution < 1.29 is 0 Å². The maximum atomic E-state index is 6.02. The Kier molecular flexibility index (Phi) is 10.7. The number of rotatable bonds is 10. The first kappa shape index (κ1) is 19.7. The molecule has 0 aliphatic carbocycles. The Hall–Kier alpha value is -1.26. The van der Waals surface area contributed by atoms with Gasteiger partial charge in [0.05, 0.1) is 0 Å². The van der Waals surface area contributed by atoms with Crippen molar-refractivity contribution in [3.05, 3.63) is 35.7 Å². The van der Waals surface area contributed by atoms with E-state index in [1.807, 2.05) is 19.0 Å². The average molecular weight is 294 g/mol. The molecule has 0 saturated heterocycles. The zero-order valence-electron chi connectivity index (χ0n) is 14.7. The van der Waals surface area contributed by atoms with Crippen molar-refractivity contribution in [1.29, 1.82) is 0 Å². The molecular formula is C17H34N4. The summed E-state index contributed by atoms with van der Waals surface area (Å²) in [4.78, 5) is 4.20. The van der Waals surface area contributed by atoms with E-state index in [9.17, 15) is 0 Å². The third-order valence-corrected chi connectivity index (χ3v) is 3.51. The van der Waals surface area contributed by atoms with Crippen LogP contribution < -0.4 is 11.1 Å². The monoisotopic (exact) mass is 294 g/mol. The molecule has 21 heavy (non-hydrogen) atoms. The van der Waals surface area contributed by atoms with Gasteiger partial charge in [0.15, 0.2) is 0 Å². The second kappa shape index (κ2) is 11.4. The molecule has 4 heteroatoms. The summed E-state index contributed by atoms with van der Waals surface area (Å²) in [5.41, 5.74) is 7.13. The highest BCUT2D eigenvalue weighted by Crippen LogP contribution is 2.09. The number of nitrogens with two attached hydrogens (primary N) is 1. The summed E-state index contributed by atoms with van der Waals surface area (Å²) in [5.74, 6) is 1.30. The molecule has 0 radical (unpaired) electrons. The van der Waals surface area contributed by atoms with Crippen molar-refractivity contribution in [1.82, 2.24) is 15.1 Å². The van der Waals surface area contributed by atoms with Crippen molar-refractivity contribution >= 4 is 0 Å². The van der Waals surface area contributed by atoms with Crippen LogP contribution in [0.4, 0.5) is 0 Å². The Morgan fingerprint density at radius 3 is 2.48 bits per heavy atom. The smallest absolute Gasteiger partial charge is 0.101 e. The Morgan fingerprint density at radius 2 is 1.95 bits per heavy atom. The summed E-state index contributed by atoms with van der Waals surface area (Å²) in [6, 6.07) is 0. The van der Waals surface area contributed by atoms with E-state index in [2.05, 4.69) is 62.3 Å². The molecule has 0 aromatic heterocycles. The molecule has 0 spiro atoms. The fourth-order valence-corrected chi connectivity index (χ4v) is 1.81. The minimum Gasteiger partial charge on any atom is -0.385 e. The first-order valence-corrected chi connectivity index (χ1v) is 7.74. The van der Waals surface area contributed by atoms with Crippen molar-refractivity contribution in [3.8, 4) is 0 Å². The first-order valence-electron chi connectivity index (χ1n) is 7.74. The summed E-state index contributed by atoms with van der Waals surface area (Å²) in [5, 5.41) is 3.50. The zero-order valence-corrected chi connectivity index (χ0v) is 14.7. The Labute approximate surface area is 131 Å². The minimum absolute atomic E-state index is 0.483. The second-order valence-electron chi connectivity index (χ2n) is 5.67. The van der Waals surface area contributed by atoms with Crippen molar-refractivity contribution in [2.24, 2.45) is 11.7 Å². The predicted octanol–water partition coefficient (Wildman–Crippen LogP) is 2.38. The molecule has 122 valence electrons. The van der Waals surface area contributed by atoms with E-state index in [4.69, 9.17) is 5.73 Å². The highest BCUT2D eigenvalue weighted by atomic mass is 15.2. The van der Waals surface area contributed by atoms with Crippen LogP contribution in [-0.4, -0.2) is 50.7 Å². The van der Waals surface area contributed by atoms with Gasteiger partial charge in [0, 0.05) is 27.3 Å². The van der Waals surface area contributed by atoms with E-state index in [1.54, 1.807) is 0 Å². The number of allylic oxidation sites excluding steroid dienone is 4. The van der Waals surface area contributed by atoms with Crippen LogP contribution in [-0.2, 0) is 0 Å². The Morgan fingerprint density at radius 1 is 1.29 bits per heavy atom. The van der Waals surface area contributed by atoms with E-state index >= 15 is 0 Å². The molecule has 0 fully saturated rings. The van der Waals surface area contributed by atoms with Crippen LogP contribution in [0.15, 0.2) is 35.7 Å². The molecular weight excluding hydrogens is 260 g/mol. The maximum absolute atomic E-state index is 6.02. The van der Waals surface area contributed by atoms with Crippen LogP contribution in [0, 0.1) is 5.92 Å². The molecule has 0 heterocycles. The number of nitrogens with one attached hydrogen (secondary N) is 1. The van der Waals surface area contributed by atoms with E-state index in [0.717, 1.165) is 37.6 Å². The second-order valence-corrected chi connectivity index (χ2v) is 5.67. The lowest BCUT2D eigenvalue weighted by atomic mass is 10.0. The van der Waals surface area contributed by atoms with E-state index in [0.29, 0.717) is 5.92 Å². The van der Waals surface area contributed by atoms with Crippen molar-refractivity contribution in [3.63, 3.8) is 0 Å². The largest absolute Gasteiger partial charge is 0.385 e. The molecule has 0 saturated carbocycles. The van der Waals surface area contributed by atoms with Crippen LogP contribution in [0.2, 0.25) is 0 Å². The van der Waals surface area contributed by atoms with E-state index < -0.39 is 0 Å². The summed E-state index contributed by atoms with van der Waals surface area (Å²) >= 11 is 0. The Balaban J connectivity index is 4.58. The van der Waals surface area contributed by atoms with Crippen LogP contribution in [0.1, 0.15) is 27.2 Å². The molecule has 0 aliphatic rings. The average Bonchev–Trinajstić information content (AvgIpc) is 2.47. The zero-order chi connectivity index (χ0) is 16.3. The van der Waals surface area contributed by atoms with Crippen molar-refractivity contribution in [2.45, 2.75) is 27.2 Å². The highest BCUT2D eigenvalue weighted by Gasteiger charge is 2.04. The van der Waals surface area contributed by atoms with Gasteiger partial charge in [0.25, 0.3) is 0 Å². The molecule has 0 aliphatic heterocycles. The van der Waals surface area contributed by atoms with Gasteiger partial charge in [-0.25, -0.2) is 0 Å². The van der Waals surface area contributed by atoms with Crippen LogP contribution >= 0.6 is 0 Å². The number of hydrogen-bond donors (Lipinski definition) is 2. The van der Waals surface area contributed by atoms with E-state index in [1.165, 1.54) is 0 Å².